The van der Waals surface area contributed by atoms with E-state index in [1.807, 2.05) is 0 Å². The highest BCUT2D eigenvalue weighted by Gasteiger charge is 2.22. The number of halogens is 1. The average molecular weight is 239 g/mol. The average Bonchev–Trinajstić information content (AvgIpc) is 2.14. The van der Waals surface area contributed by atoms with Gasteiger partial charge < -0.3 is 0 Å². The van der Waals surface area contributed by atoms with Crippen LogP contribution in [0.5, 0.6) is 0 Å². The first kappa shape index (κ1) is 7.79. The second kappa shape index (κ2) is 3.19. The summed E-state index contributed by atoms with van der Waals surface area (Å²) in [6.07, 6.45) is 1.40. The Bertz CT molecular complexity index is 92.9. The highest BCUT2D eigenvalue weighted by molar-refractivity contribution is 14.1. The van der Waals surface area contributed by atoms with Crippen LogP contribution in [0.25, 0.3) is 0 Å². The molecule has 0 N–H and O–H groups in total. The van der Waals surface area contributed by atoms with Crippen molar-refractivity contribution in [1.29, 1.82) is 0 Å². The van der Waals surface area contributed by atoms with Gasteiger partial charge in [0.15, 0.2) is 0 Å². The molecule has 0 aromatic carbocycles. The third kappa shape index (κ3) is 2.08. The fourth-order valence-electron chi connectivity index (χ4n) is 1.29. The summed E-state index contributed by atoms with van der Waals surface area (Å²) in [6, 6.07) is 0. The van der Waals surface area contributed by atoms with Crippen LogP contribution in [0, 0.1) is 11.8 Å². The molecule has 0 radical (unpaired) electrons. The predicted octanol–water partition coefficient (Wildman–Crippen LogP) is 2.31. The molecule has 1 aliphatic rings. The Kier molecular flexibility index (Phi) is 2.76. The number of rotatable bonds is 1. The second-order valence-corrected chi connectivity index (χ2v) is 4.53. The highest BCUT2D eigenvalue weighted by Crippen LogP contribution is 2.25. The van der Waals surface area contributed by atoms with Crippen LogP contribution in [0.1, 0.15) is 20.3 Å². The molecule has 0 amide bonds. The van der Waals surface area contributed by atoms with E-state index in [2.05, 4.69) is 39.8 Å². The van der Waals surface area contributed by atoms with Crippen LogP contribution >= 0.6 is 22.9 Å². The molecule has 1 rings (SSSR count). The van der Waals surface area contributed by atoms with Crippen LogP contribution in [-0.2, 0) is 0 Å². The minimum absolute atomic E-state index is 0.879. The predicted molar refractivity (Wildman–Crippen MR) is 48.5 cm³/mol. The molecule has 1 atom stereocenters. The van der Waals surface area contributed by atoms with Crippen molar-refractivity contribution in [3.8, 4) is 0 Å². The lowest BCUT2D eigenvalue weighted by Crippen LogP contribution is -2.11. The van der Waals surface area contributed by atoms with Crippen molar-refractivity contribution in [2.45, 2.75) is 20.3 Å². The maximum Gasteiger partial charge on any atom is 0.0201 e. The van der Waals surface area contributed by atoms with E-state index in [9.17, 15) is 0 Å². The van der Waals surface area contributed by atoms with Crippen molar-refractivity contribution in [2.75, 3.05) is 13.1 Å². The summed E-state index contributed by atoms with van der Waals surface area (Å²) in [5.41, 5.74) is 0. The third-order valence-electron chi connectivity index (χ3n) is 2.12. The van der Waals surface area contributed by atoms with Crippen molar-refractivity contribution in [1.82, 2.24) is 3.11 Å². The summed E-state index contributed by atoms with van der Waals surface area (Å²) in [5.74, 6) is 1.84. The van der Waals surface area contributed by atoms with Crippen LogP contribution in [0.2, 0.25) is 0 Å². The van der Waals surface area contributed by atoms with Gasteiger partial charge >= 0.3 is 0 Å². The van der Waals surface area contributed by atoms with Gasteiger partial charge in [-0.15, -0.1) is 0 Å². The van der Waals surface area contributed by atoms with Gasteiger partial charge in [-0.2, -0.15) is 0 Å². The molecule has 0 bridgehead atoms. The Morgan fingerprint density at radius 1 is 1.56 bits per heavy atom. The summed E-state index contributed by atoms with van der Waals surface area (Å²) in [7, 11) is 0. The van der Waals surface area contributed by atoms with E-state index in [0.717, 1.165) is 11.8 Å². The van der Waals surface area contributed by atoms with E-state index in [4.69, 9.17) is 0 Å². The molecule has 1 aliphatic heterocycles. The van der Waals surface area contributed by atoms with Gasteiger partial charge in [-0.25, -0.2) is 3.11 Å². The molecule has 0 aromatic rings. The quantitative estimate of drug-likeness (QED) is 0.501. The molecule has 54 valence electrons. The van der Waals surface area contributed by atoms with E-state index in [-0.39, 0.29) is 0 Å². The summed E-state index contributed by atoms with van der Waals surface area (Å²) >= 11 is 2.41. The van der Waals surface area contributed by atoms with Gasteiger partial charge in [0.05, 0.1) is 0 Å². The van der Waals surface area contributed by atoms with Crippen molar-refractivity contribution in [2.24, 2.45) is 11.8 Å². The van der Waals surface area contributed by atoms with Gasteiger partial charge in [-0.05, 0) is 18.3 Å². The van der Waals surface area contributed by atoms with Crippen LogP contribution in [-0.4, -0.2) is 16.2 Å². The van der Waals surface area contributed by atoms with Gasteiger partial charge in [-0.1, -0.05) is 13.8 Å². The standard InChI is InChI=1S/C7H14IN/c1-6(2)7-3-4-9(8)5-7/h6-7H,3-5H2,1-2H3. The third-order valence-corrected chi connectivity index (χ3v) is 2.99. The van der Waals surface area contributed by atoms with Crippen molar-refractivity contribution < 1.29 is 0 Å². The molecule has 9 heavy (non-hydrogen) atoms. The van der Waals surface area contributed by atoms with Crippen LogP contribution < -0.4 is 0 Å². The molecule has 2 heteroatoms. The minimum Gasteiger partial charge on any atom is -0.247 e. The number of hydrogen-bond acceptors (Lipinski definition) is 1. The maximum atomic E-state index is 2.41. The van der Waals surface area contributed by atoms with Gasteiger partial charge in [0.2, 0.25) is 0 Å². The van der Waals surface area contributed by atoms with Crippen molar-refractivity contribution in [3.63, 3.8) is 0 Å². The van der Waals surface area contributed by atoms with Gasteiger partial charge in [0.25, 0.3) is 0 Å². The highest BCUT2D eigenvalue weighted by atomic mass is 127. The molecule has 1 heterocycles. The monoisotopic (exact) mass is 239 g/mol. The van der Waals surface area contributed by atoms with Crippen molar-refractivity contribution in [3.05, 3.63) is 0 Å². The molecule has 0 saturated carbocycles. The summed E-state index contributed by atoms with van der Waals surface area (Å²) in [4.78, 5) is 0. The molecule has 1 fully saturated rings. The lowest BCUT2D eigenvalue weighted by atomic mass is 9.96. The van der Waals surface area contributed by atoms with Gasteiger partial charge in [-0.3, -0.25) is 0 Å². The molecule has 1 unspecified atom stereocenters. The Morgan fingerprint density at radius 3 is 2.44 bits per heavy atom. The first-order valence-corrected chi connectivity index (χ1v) is 4.57. The van der Waals surface area contributed by atoms with Crippen LogP contribution in [0.15, 0.2) is 0 Å². The molecular weight excluding hydrogens is 225 g/mol. The second-order valence-electron chi connectivity index (χ2n) is 3.16. The minimum atomic E-state index is 0.879. The van der Waals surface area contributed by atoms with Crippen LogP contribution in [0.4, 0.5) is 0 Å². The molecule has 1 nitrogen and oxygen atoms in total. The molecule has 0 spiro atoms. The zero-order valence-electron chi connectivity index (χ0n) is 6.10. The molecular formula is C7H14IN. The zero-order chi connectivity index (χ0) is 6.85. The van der Waals surface area contributed by atoms with E-state index in [1.54, 1.807) is 0 Å². The zero-order valence-corrected chi connectivity index (χ0v) is 8.26. The van der Waals surface area contributed by atoms with E-state index in [0.29, 0.717) is 0 Å². The van der Waals surface area contributed by atoms with Gasteiger partial charge in [0.1, 0.15) is 0 Å². The first-order chi connectivity index (χ1) is 4.20. The largest absolute Gasteiger partial charge is 0.247 e. The van der Waals surface area contributed by atoms with Gasteiger partial charge in [0, 0.05) is 36.0 Å². The Balaban J connectivity index is 2.30. The van der Waals surface area contributed by atoms with E-state index in [1.165, 1.54) is 19.5 Å². The van der Waals surface area contributed by atoms with E-state index >= 15 is 0 Å². The summed E-state index contributed by atoms with van der Waals surface area (Å²) in [5, 5.41) is 0. The normalized spacial score (nSPS) is 30.0. The van der Waals surface area contributed by atoms with Crippen molar-refractivity contribution >= 4 is 22.9 Å². The number of hydrogen-bond donors (Lipinski definition) is 0. The Hall–Kier alpha value is 0.690. The SMILES string of the molecule is CC(C)C1CCN(I)C1. The fourth-order valence-corrected chi connectivity index (χ4v) is 2.07. The fraction of sp³-hybridized carbons (Fsp3) is 1.00. The topological polar surface area (TPSA) is 3.24 Å². The lowest BCUT2D eigenvalue weighted by molar-refractivity contribution is 0.406. The summed E-state index contributed by atoms with van der Waals surface area (Å²) in [6.45, 7) is 7.24. The molecule has 0 aliphatic carbocycles. The molecule has 1 saturated heterocycles. The maximum absolute atomic E-state index is 2.41. The number of nitrogens with zero attached hydrogens (tertiary/aromatic N) is 1. The smallest absolute Gasteiger partial charge is 0.0201 e. The first-order valence-electron chi connectivity index (χ1n) is 3.61. The molecule has 0 aromatic heterocycles. The van der Waals surface area contributed by atoms with E-state index < -0.39 is 0 Å². The lowest BCUT2D eigenvalue weighted by Gasteiger charge is -2.12. The van der Waals surface area contributed by atoms with Crippen LogP contribution in [0.3, 0.4) is 0 Å². The summed E-state index contributed by atoms with van der Waals surface area (Å²) < 4.78 is 2.39. The Morgan fingerprint density at radius 2 is 2.22 bits per heavy atom. The Labute approximate surface area is 71.3 Å².